The summed E-state index contributed by atoms with van der Waals surface area (Å²) in [4.78, 5) is 23.7. The smallest absolute Gasteiger partial charge is 0.222 e. The zero-order valence-corrected chi connectivity index (χ0v) is 17.3. The first-order chi connectivity index (χ1) is 14.1. The number of carbonyl (C=O) groups excluding carboxylic acids is 1. The molecule has 3 aromatic rings. The molecule has 0 radical (unpaired) electrons. The number of ether oxygens (including phenoxy) is 1. The standard InChI is InChI=1S/C22H27N5O2/c1-15-6-7-16(13-18(15)29-3)8-9-19(28)27-12-4-5-17(14-27)20-21-22(26(2)25-20)24-11-10-23-21/h6-7,10-11,13,17H,4-5,8-9,12,14H2,1-3H3. The van der Waals surface area contributed by atoms with Gasteiger partial charge >= 0.3 is 0 Å². The summed E-state index contributed by atoms with van der Waals surface area (Å²) < 4.78 is 7.17. The first kappa shape index (κ1) is 19.4. The van der Waals surface area contributed by atoms with Crippen molar-refractivity contribution in [1.82, 2.24) is 24.6 Å². The number of benzene rings is 1. The second kappa shape index (κ2) is 8.19. The van der Waals surface area contributed by atoms with Crippen LogP contribution >= 0.6 is 0 Å². The Labute approximate surface area is 170 Å². The molecule has 1 fully saturated rings. The summed E-state index contributed by atoms with van der Waals surface area (Å²) >= 11 is 0. The molecule has 0 aliphatic carbocycles. The molecule has 1 unspecified atom stereocenters. The third-order valence-electron chi connectivity index (χ3n) is 5.75. The third kappa shape index (κ3) is 3.95. The Hall–Kier alpha value is -2.96. The fraction of sp³-hybridized carbons (Fsp3) is 0.455. The highest BCUT2D eigenvalue weighted by Crippen LogP contribution is 2.30. The first-order valence-corrected chi connectivity index (χ1v) is 10.1. The molecule has 152 valence electrons. The van der Waals surface area contributed by atoms with Crippen molar-refractivity contribution in [1.29, 1.82) is 0 Å². The van der Waals surface area contributed by atoms with Crippen LogP contribution in [0.4, 0.5) is 0 Å². The van der Waals surface area contributed by atoms with E-state index < -0.39 is 0 Å². The Balaban J connectivity index is 1.43. The Morgan fingerprint density at radius 1 is 1.28 bits per heavy atom. The number of hydrogen-bond acceptors (Lipinski definition) is 5. The van der Waals surface area contributed by atoms with E-state index in [2.05, 4.69) is 21.1 Å². The molecule has 1 saturated heterocycles. The fourth-order valence-electron chi connectivity index (χ4n) is 4.14. The van der Waals surface area contributed by atoms with Crippen LogP contribution in [-0.2, 0) is 18.3 Å². The second-order valence-electron chi connectivity index (χ2n) is 7.72. The van der Waals surface area contributed by atoms with Gasteiger partial charge in [-0.3, -0.25) is 4.79 Å². The van der Waals surface area contributed by atoms with Crippen molar-refractivity contribution in [2.75, 3.05) is 20.2 Å². The highest BCUT2D eigenvalue weighted by molar-refractivity contribution is 5.77. The molecule has 29 heavy (non-hydrogen) atoms. The Morgan fingerprint density at radius 2 is 2.10 bits per heavy atom. The van der Waals surface area contributed by atoms with Crippen LogP contribution in [0.15, 0.2) is 30.6 Å². The van der Waals surface area contributed by atoms with E-state index in [9.17, 15) is 4.79 Å². The molecule has 0 saturated carbocycles. The number of aromatic nitrogens is 4. The number of hydrogen-bond donors (Lipinski definition) is 0. The fourth-order valence-corrected chi connectivity index (χ4v) is 4.14. The second-order valence-corrected chi connectivity index (χ2v) is 7.72. The number of carbonyl (C=O) groups is 1. The molecule has 1 atom stereocenters. The lowest BCUT2D eigenvalue weighted by atomic mass is 9.94. The van der Waals surface area contributed by atoms with E-state index in [1.54, 1.807) is 24.2 Å². The van der Waals surface area contributed by atoms with E-state index in [0.29, 0.717) is 19.4 Å². The van der Waals surface area contributed by atoms with Crippen LogP contribution in [0.3, 0.4) is 0 Å². The van der Waals surface area contributed by atoms with Crippen molar-refractivity contribution in [3.63, 3.8) is 0 Å². The van der Waals surface area contributed by atoms with E-state index in [4.69, 9.17) is 4.74 Å². The molecule has 0 spiro atoms. The van der Waals surface area contributed by atoms with Gasteiger partial charge in [0.25, 0.3) is 0 Å². The minimum Gasteiger partial charge on any atom is -0.496 e. The van der Waals surface area contributed by atoms with E-state index in [1.807, 2.05) is 31.0 Å². The molecule has 1 aromatic carbocycles. The third-order valence-corrected chi connectivity index (χ3v) is 5.75. The van der Waals surface area contributed by atoms with Crippen molar-refractivity contribution in [3.05, 3.63) is 47.4 Å². The molecule has 1 amide bonds. The first-order valence-electron chi connectivity index (χ1n) is 10.1. The lowest BCUT2D eigenvalue weighted by Crippen LogP contribution is -2.39. The van der Waals surface area contributed by atoms with Gasteiger partial charge in [0.05, 0.1) is 12.8 Å². The number of piperidine rings is 1. The van der Waals surface area contributed by atoms with Gasteiger partial charge < -0.3 is 9.64 Å². The Kier molecular flexibility index (Phi) is 5.47. The molecule has 3 heterocycles. The normalized spacial score (nSPS) is 16.9. The summed E-state index contributed by atoms with van der Waals surface area (Å²) in [5.41, 5.74) is 4.82. The lowest BCUT2D eigenvalue weighted by molar-refractivity contribution is -0.132. The van der Waals surface area contributed by atoms with Crippen molar-refractivity contribution >= 4 is 17.1 Å². The summed E-state index contributed by atoms with van der Waals surface area (Å²) in [5.74, 6) is 1.27. The van der Waals surface area contributed by atoms with Crippen LogP contribution < -0.4 is 4.74 Å². The number of likely N-dealkylation sites (tertiary alicyclic amines) is 1. The minimum absolute atomic E-state index is 0.195. The Morgan fingerprint density at radius 3 is 2.93 bits per heavy atom. The summed E-state index contributed by atoms with van der Waals surface area (Å²) in [5, 5.41) is 4.67. The molecule has 4 rings (SSSR count). The van der Waals surface area contributed by atoms with Crippen LogP contribution in [0, 0.1) is 6.92 Å². The molecule has 1 aliphatic heterocycles. The SMILES string of the molecule is COc1cc(CCC(=O)N2CCCC(c3nn(C)c4nccnc34)C2)ccc1C. The number of methoxy groups -OCH3 is 1. The average Bonchev–Trinajstić information content (AvgIpc) is 3.10. The van der Waals surface area contributed by atoms with Gasteiger partial charge in [0.2, 0.25) is 5.91 Å². The molecule has 0 bridgehead atoms. The molecular weight excluding hydrogens is 366 g/mol. The molecule has 7 heteroatoms. The predicted molar refractivity (Wildman–Crippen MR) is 111 cm³/mol. The van der Waals surface area contributed by atoms with Crippen molar-refractivity contribution in [2.45, 2.75) is 38.5 Å². The summed E-state index contributed by atoms with van der Waals surface area (Å²) in [6, 6.07) is 6.14. The van der Waals surface area contributed by atoms with Crippen LogP contribution in [0.2, 0.25) is 0 Å². The van der Waals surface area contributed by atoms with Gasteiger partial charge in [0.1, 0.15) is 11.3 Å². The molecule has 7 nitrogen and oxygen atoms in total. The van der Waals surface area contributed by atoms with Crippen molar-refractivity contribution < 1.29 is 9.53 Å². The van der Waals surface area contributed by atoms with Crippen molar-refractivity contribution in [3.8, 4) is 5.75 Å². The maximum absolute atomic E-state index is 12.9. The lowest BCUT2D eigenvalue weighted by Gasteiger charge is -2.32. The van der Waals surface area contributed by atoms with Gasteiger partial charge in [-0.15, -0.1) is 0 Å². The number of amides is 1. The topological polar surface area (TPSA) is 73.1 Å². The van der Waals surface area contributed by atoms with E-state index in [-0.39, 0.29) is 11.8 Å². The molecular formula is C22H27N5O2. The molecule has 2 aromatic heterocycles. The monoisotopic (exact) mass is 393 g/mol. The van der Waals surface area contributed by atoms with Gasteiger partial charge in [-0.25, -0.2) is 14.6 Å². The number of aryl methyl sites for hydroxylation is 3. The van der Waals surface area contributed by atoms with Crippen molar-refractivity contribution in [2.24, 2.45) is 7.05 Å². The summed E-state index contributed by atoms with van der Waals surface area (Å²) in [7, 11) is 3.57. The number of nitrogens with zero attached hydrogens (tertiary/aromatic N) is 5. The predicted octanol–water partition coefficient (Wildman–Crippen LogP) is 3.02. The summed E-state index contributed by atoms with van der Waals surface area (Å²) in [6.07, 6.45) is 6.60. The Bertz CT molecular complexity index is 1030. The molecule has 1 aliphatic rings. The average molecular weight is 393 g/mol. The van der Waals surface area contributed by atoms with Crippen LogP contribution in [-0.4, -0.2) is 50.8 Å². The maximum atomic E-state index is 12.9. The van der Waals surface area contributed by atoms with Crippen LogP contribution in [0.1, 0.15) is 42.0 Å². The quantitative estimate of drug-likeness (QED) is 0.666. The van der Waals surface area contributed by atoms with Gasteiger partial charge in [0, 0.05) is 44.9 Å². The van der Waals surface area contributed by atoms with Crippen LogP contribution in [0.25, 0.3) is 11.2 Å². The zero-order valence-electron chi connectivity index (χ0n) is 17.3. The van der Waals surface area contributed by atoms with E-state index in [1.165, 1.54) is 0 Å². The largest absolute Gasteiger partial charge is 0.496 e. The molecule has 0 N–H and O–H groups in total. The van der Waals surface area contributed by atoms with E-state index >= 15 is 0 Å². The van der Waals surface area contributed by atoms with Crippen LogP contribution in [0.5, 0.6) is 5.75 Å². The van der Waals surface area contributed by atoms with Gasteiger partial charge in [-0.2, -0.15) is 5.10 Å². The van der Waals surface area contributed by atoms with Gasteiger partial charge in [-0.05, 0) is 43.4 Å². The van der Waals surface area contributed by atoms with Gasteiger partial charge in [0.15, 0.2) is 5.65 Å². The zero-order chi connectivity index (χ0) is 20.4. The minimum atomic E-state index is 0.195. The highest BCUT2D eigenvalue weighted by Gasteiger charge is 2.28. The van der Waals surface area contributed by atoms with Gasteiger partial charge in [-0.1, -0.05) is 12.1 Å². The number of fused-ring (bicyclic) bond motifs is 1. The summed E-state index contributed by atoms with van der Waals surface area (Å²) in [6.45, 7) is 3.52. The highest BCUT2D eigenvalue weighted by atomic mass is 16.5. The van der Waals surface area contributed by atoms with E-state index in [0.717, 1.165) is 53.1 Å². The maximum Gasteiger partial charge on any atom is 0.222 e. The number of rotatable bonds is 5.